The average Bonchev–Trinajstić information content (AvgIpc) is 0.824. The minimum Gasteiger partial charge on any atom is -0.521 e. The Morgan fingerprint density at radius 2 is 0.634 bits per heavy atom. The lowest BCUT2D eigenvalue weighted by Crippen LogP contribution is -2.56. The molecule has 3 aromatic rings. The number of hydrogen-bond donors (Lipinski definition) is 0. The van der Waals surface area contributed by atoms with E-state index in [0.717, 1.165) is 24.0 Å². The third kappa shape index (κ3) is 38.3. The maximum Gasteiger partial charge on any atom is 0.383 e. The van der Waals surface area contributed by atoms with Crippen molar-refractivity contribution in [2.45, 2.75) is 255 Å². The molecule has 0 N–H and O–H groups in total. The van der Waals surface area contributed by atoms with Crippen molar-refractivity contribution in [2.75, 3.05) is 13.2 Å². The maximum atomic E-state index is 13.4. The van der Waals surface area contributed by atoms with Gasteiger partial charge in [-0.3, -0.25) is 14.4 Å². The molecule has 0 amide bonds. The number of carbonyl (C=O) groups excluding carboxylic acids is 3. The lowest BCUT2D eigenvalue weighted by molar-refractivity contribution is 0.0465. The second kappa shape index (κ2) is 33.9. The summed E-state index contributed by atoms with van der Waals surface area (Å²) in [6.45, 7) is 76.9. The first-order valence-electron chi connectivity index (χ1n) is 32.7. The van der Waals surface area contributed by atoms with E-state index in [0.29, 0.717) is 35.7 Å². The monoisotopic (exact) mass is 1500 g/mol. The fourth-order valence-corrected chi connectivity index (χ4v) is 61.8. The van der Waals surface area contributed by atoms with E-state index < -0.39 is 113 Å². The van der Waals surface area contributed by atoms with E-state index in [4.69, 9.17) is 55.7 Å². The van der Waals surface area contributed by atoms with E-state index in [2.05, 4.69) is 138 Å². The zero-order valence-electron chi connectivity index (χ0n) is 64.6. The van der Waals surface area contributed by atoms with Crippen LogP contribution in [0.5, 0.6) is 17.2 Å². The fraction of sp³-hybridized carbons (Fsp3) is 0.646. The third-order valence-electron chi connectivity index (χ3n) is 12.3. The van der Waals surface area contributed by atoms with E-state index in [1.165, 1.54) is 0 Å². The molecule has 3 rings (SSSR count). The zero-order valence-corrected chi connectivity index (χ0v) is 76.6. The molecule has 0 spiro atoms. The van der Waals surface area contributed by atoms with Gasteiger partial charge in [-0.1, -0.05) is 33.4 Å². The van der Waals surface area contributed by atoms with Crippen LogP contribution in [-0.2, 0) is 41.8 Å². The number of benzene rings is 3. The van der Waals surface area contributed by atoms with Crippen molar-refractivity contribution in [3.8, 4) is 17.2 Å². The molecule has 0 aliphatic heterocycles. The number of hydrogen-bond acceptors (Lipinski definition) is 16. The van der Waals surface area contributed by atoms with E-state index in [1.54, 1.807) is 44.2 Å². The van der Waals surface area contributed by atoms with Gasteiger partial charge < -0.3 is 55.7 Å². The molecule has 16 nitrogen and oxygen atoms in total. The highest BCUT2D eigenvalue weighted by atomic mass is 28.5. The Hall–Kier alpha value is -1.99. The van der Waals surface area contributed by atoms with Crippen LogP contribution in [0.4, 0.5) is 0 Å². The lowest BCUT2D eigenvalue weighted by Gasteiger charge is -2.40. The first kappa shape index (κ1) is 89.0. The summed E-state index contributed by atoms with van der Waals surface area (Å²) in [5, 5.41) is 0. The summed E-state index contributed by atoms with van der Waals surface area (Å²) in [6.07, 6.45) is 2.60. The Kier molecular flexibility index (Phi) is 32.5. The van der Waals surface area contributed by atoms with Gasteiger partial charge in [-0.25, -0.2) is 0 Å². The SMILES string of the molecule is C=CCOc1ccc(C(=O)C(C)(C)O[Si](C)(C)O[Si](C)(C)O[Si](C)(C)C)cc1.CC(C)(C)C(=O)c1ccc(O[Si](C)(C)O[Si](C)(C)O[Si](C)(C)C)cc1.CC(C)(O[Si](C)(C)O[Si](C)(C)O[Si](C)(C)C)C(=O)c1ccc(OCCC[Si](C)(C)O[Si](C)(C)O[Si](C)(C)C)cc1. The standard InChI is InChI=1S/C27H58O7Si6.C20H36O5Si3.C18H34O4Si3/c1-27(2,30-38(11,12)34-40(15,16)32-36(6,7)8)26(28)24-18-20-25(21-19-24)29-22-17-23-37(9,10)33-39(13,14)31-35(3,4)5;1-11-16-22-18-14-12-17(13-15-18)19(21)20(2,3)23-27(7,8)25-28(9,10)24-26(4,5)6;1-18(2,3)17(19)15-11-13-16(14-12-15)20-24(7,8)22-25(9,10)21-23(4,5)6/h18-21H,17,22-23H2,1-16H3;11-15H,1,16H2,2-10H3;11-14H,1-10H3. The average molecular weight is 1500 g/mol. The van der Waals surface area contributed by atoms with Gasteiger partial charge in [0.2, 0.25) is 0 Å². The van der Waals surface area contributed by atoms with Gasteiger partial charge in [-0.05, 0) is 296 Å². The molecule has 0 aromatic heterocycles. The molecule has 28 heteroatoms. The van der Waals surface area contributed by atoms with Gasteiger partial charge in [-0.15, -0.1) is 0 Å². The molecule has 0 radical (unpaired) electrons. The molecular weight excluding hydrogens is 1370 g/mol. The molecule has 0 aliphatic rings. The number of ketones is 3. The van der Waals surface area contributed by atoms with Crippen LogP contribution in [0.2, 0.25) is 189 Å². The predicted octanol–water partition coefficient (Wildman–Crippen LogP) is 19.5. The first-order chi connectivity index (χ1) is 41.2. The van der Waals surface area contributed by atoms with Crippen LogP contribution in [0, 0.1) is 5.41 Å². The topological polar surface area (TPSA) is 171 Å². The minimum absolute atomic E-state index is 0.0778. The molecule has 3 aromatic carbocycles. The van der Waals surface area contributed by atoms with Crippen LogP contribution in [0.3, 0.4) is 0 Å². The molecule has 0 heterocycles. The van der Waals surface area contributed by atoms with Crippen LogP contribution in [0.1, 0.15) is 86.0 Å². The Labute approximate surface area is 578 Å². The highest BCUT2D eigenvalue weighted by molar-refractivity contribution is 6.89. The maximum absolute atomic E-state index is 13.4. The summed E-state index contributed by atoms with van der Waals surface area (Å²) in [7, 11) is -25.3. The van der Waals surface area contributed by atoms with Crippen molar-refractivity contribution in [3.05, 3.63) is 102 Å². The predicted molar refractivity (Wildman–Crippen MR) is 415 cm³/mol. The van der Waals surface area contributed by atoms with Crippen LogP contribution >= 0.6 is 0 Å². The smallest absolute Gasteiger partial charge is 0.383 e. The summed E-state index contributed by atoms with van der Waals surface area (Å²) in [5.41, 5.74) is -0.526. The van der Waals surface area contributed by atoms with Crippen molar-refractivity contribution in [1.82, 2.24) is 0 Å². The lowest BCUT2D eigenvalue weighted by atomic mass is 9.86. The number of carbonyl (C=O) groups is 3. The highest BCUT2D eigenvalue weighted by Crippen LogP contribution is 2.32. The largest absolute Gasteiger partial charge is 0.521 e. The Morgan fingerprint density at radius 3 is 0.935 bits per heavy atom. The number of rotatable bonds is 35. The van der Waals surface area contributed by atoms with E-state index in [9.17, 15) is 14.4 Å². The van der Waals surface area contributed by atoms with Crippen molar-refractivity contribution < 1.29 is 70.1 Å². The van der Waals surface area contributed by atoms with Crippen LogP contribution < -0.4 is 13.9 Å². The molecule has 0 saturated heterocycles. The summed E-state index contributed by atoms with van der Waals surface area (Å²) in [4.78, 5) is 38.8. The molecule has 0 fully saturated rings. The van der Waals surface area contributed by atoms with Gasteiger partial charge in [0.05, 0.1) is 6.61 Å². The number of Topliss-reactive ketones (excluding diaryl/α,β-unsaturated/α-hetero) is 3. The van der Waals surface area contributed by atoms with Crippen molar-refractivity contribution in [3.63, 3.8) is 0 Å². The van der Waals surface area contributed by atoms with Crippen molar-refractivity contribution in [2.24, 2.45) is 5.41 Å². The summed E-state index contributed by atoms with van der Waals surface area (Å²) >= 11 is 0. The van der Waals surface area contributed by atoms with Crippen LogP contribution in [0.25, 0.3) is 0 Å². The van der Waals surface area contributed by atoms with Gasteiger partial charge in [0, 0.05) is 22.1 Å². The van der Waals surface area contributed by atoms with E-state index in [1.807, 2.05) is 136 Å². The van der Waals surface area contributed by atoms with Crippen LogP contribution in [0.15, 0.2) is 85.5 Å². The van der Waals surface area contributed by atoms with Crippen LogP contribution in [-0.4, -0.2) is 143 Å². The molecule has 0 aliphatic carbocycles. The van der Waals surface area contributed by atoms with Crippen molar-refractivity contribution >= 4 is 119 Å². The molecular formula is C65H128O16Si12. The molecule has 532 valence electrons. The Bertz CT molecular complexity index is 2840. The van der Waals surface area contributed by atoms with Gasteiger partial charge in [-0.2, -0.15) is 0 Å². The van der Waals surface area contributed by atoms with E-state index in [-0.39, 0.29) is 22.8 Å². The first-order valence-corrected chi connectivity index (χ1v) is 69.2. The summed E-state index contributed by atoms with van der Waals surface area (Å²) < 4.78 is 81.3. The van der Waals surface area contributed by atoms with Gasteiger partial charge in [0.15, 0.2) is 58.9 Å². The fourth-order valence-electron chi connectivity index (χ4n) is 11.2. The van der Waals surface area contributed by atoms with E-state index >= 15 is 0 Å². The van der Waals surface area contributed by atoms with Gasteiger partial charge in [0.1, 0.15) is 35.1 Å². The summed E-state index contributed by atoms with van der Waals surface area (Å²) in [6, 6.07) is 22.8. The van der Waals surface area contributed by atoms with Crippen molar-refractivity contribution in [1.29, 1.82) is 0 Å². The van der Waals surface area contributed by atoms with Gasteiger partial charge in [0.25, 0.3) is 0 Å². The number of ether oxygens (including phenoxy) is 2. The Balaban J connectivity index is 0.000000722. The van der Waals surface area contributed by atoms with Gasteiger partial charge >= 0.3 is 59.9 Å². The normalized spacial score (nSPS) is 13.9. The third-order valence-corrected chi connectivity index (χ3v) is 50.2. The molecule has 0 bridgehead atoms. The minimum atomic E-state index is -2.64. The molecule has 0 atom stereocenters. The zero-order chi connectivity index (χ0) is 72.9. The molecule has 93 heavy (non-hydrogen) atoms. The Morgan fingerprint density at radius 1 is 0.355 bits per heavy atom. The summed E-state index contributed by atoms with van der Waals surface area (Å²) in [5.74, 6) is 2.15. The second-order valence-electron chi connectivity index (χ2n) is 33.5. The second-order valence-corrected chi connectivity index (χ2v) is 81.2. The molecule has 0 unspecified atom stereocenters. The molecule has 0 saturated carbocycles. The quantitative estimate of drug-likeness (QED) is 0.0235. The highest BCUT2D eigenvalue weighted by Gasteiger charge is 2.47.